The molecule has 102 valence electrons. The molecule has 0 bridgehead atoms. The molecule has 0 saturated heterocycles. The summed E-state index contributed by atoms with van der Waals surface area (Å²) < 4.78 is 0. The van der Waals surface area contributed by atoms with Crippen LogP contribution in [0.25, 0.3) is 0 Å². The predicted molar refractivity (Wildman–Crippen MR) is 76.8 cm³/mol. The van der Waals surface area contributed by atoms with E-state index in [4.69, 9.17) is 5.73 Å². The summed E-state index contributed by atoms with van der Waals surface area (Å²) in [6.45, 7) is 8.11. The molecule has 1 heterocycles. The fourth-order valence-electron chi connectivity index (χ4n) is 2.29. The predicted octanol–water partition coefficient (Wildman–Crippen LogP) is 2.38. The molecule has 0 fully saturated rings. The Morgan fingerprint density at radius 1 is 1.22 bits per heavy atom. The molecule has 0 radical (unpaired) electrons. The summed E-state index contributed by atoms with van der Waals surface area (Å²) in [4.78, 5) is 11.1. The van der Waals surface area contributed by atoms with Crippen molar-refractivity contribution in [1.82, 2.24) is 9.97 Å². The minimum atomic E-state index is 0.512. The zero-order valence-electron chi connectivity index (χ0n) is 11.9. The Morgan fingerprint density at radius 3 is 2.50 bits per heavy atom. The van der Waals surface area contributed by atoms with Crippen molar-refractivity contribution >= 4 is 5.82 Å². The molecule has 18 heavy (non-hydrogen) atoms. The minimum Gasteiger partial charge on any atom is -0.352 e. The van der Waals surface area contributed by atoms with Crippen molar-refractivity contribution in [2.45, 2.75) is 52.5 Å². The number of nitrogens with two attached hydrogens (primary N) is 1. The largest absolute Gasteiger partial charge is 0.352 e. The average Bonchev–Trinajstić information content (AvgIpc) is 2.40. The van der Waals surface area contributed by atoms with Crippen LogP contribution in [-0.4, -0.2) is 29.1 Å². The van der Waals surface area contributed by atoms with Gasteiger partial charge in [-0.05, 0) is 19.3 Å². The summed E-state index contributed by atoms with van der Waals surface area (Å²) in [5.41, 5.74) is 6.85. The van der Waals surface area contributed by atoms with Crippen LogP contribution >= 0.6 is 0 Å². The Labute approximate surface area is 111 Å². The molecule has 4 nitrogen and oxygen atoms in total. The molecule has 0 aliphatic rings. The third-order valence-corrected chi connectivity index (χ3v) is 3.26. The van der Waals surface area contributed by atoms with E-state index in [1.807, 2.05) is 0 Å². The second-order valence-corrected chi connectivity index (χ2v) is 4.57. The molecule has 1 aromatic rings. The number of anilines is 1. The number of hydrogen-bond donors (Lipinski definition) is 1. The topological polar surface area (TPSA) is 55.0 Å². The molecule has 0 aromatic carbocycles. The van der Waals surface area contributed by atoms with Gasteiger partial charge in [-0.1, -0.05) is 27.2 Å². The molecule has 2 N–H and O–H groups in total. The van der Waals surface area contributed by atoms with Crippen LogP contribution in [0, 0.1) is 0 Å². The maximum Gasteiger partial charge on any atom is 0.132 e. The van der Waals surface area contributed by atoms with Crippen molar-refractivity contribution in [2.24, 2.45) is 5.73 Å². The van der Waals surface area contributed by atoms with Crippen molar-refractivity contribution in [3.63, 3.8) is 0 Å². The number of hydrogen-bond acceptors (Lipinski definition) is 4. The Balaban J connectivity index is 2.93. The van der Waals surface area contributed by atoms with Crippen molar-refractivity contribution in [1.29, 1.82) is 0 Å². The van der Waals surface area contributed by atoms with Crippen LogP contribution in [0.2, 0.25) is 0 Å². The van der Waals surface area contributed by atoms with E-state index in [0.717, 1.165) is 43.7 Å². The first-order valence-corrected chi connectivity index (χ1v) is 7.04. The molecule has 0 aliphatic heterocycles. The van der Waals surface area contributed by atoms with E-state index in [0.29, 0.717) is 12.6 Å². The van der Waals surface area contributed by atoms with Crippen LogP contribution in [0.1, 0.15) is 45.7 Å². The molecule has 0 amide bonds. The Hall–Kier alpha value is -1.16. The number of aromatic nitrogens is 2. The zero-order valence-corrected chi connectivity index (χ0v) is 11.9. The highest BCUT2D eigenvalue weighted by Gasteiger charge is 2.16. The summed E-state index contributed by atoms with van der Waals surface area (Å²) in [5.74, 6) is 1.02. The summed E-state index contributed by atoms with van der Waals surface area (Å²) in [6.07, 6.45) is 6.02. The zero-order chi connectivity index (χ0) is 13.4. The van der Waals surface area contributed by atoms with Crippen molar-refractivity contribution in [3.05, 3.63) is 18.1 Å². The molecule has 0 spiro atoms. The van der Waals surface area contributed by atoms with Gasteiger partial charge >= 0.3 is 0 Å². The maximum atomic E-state index is 5.73. The van der Waals surface area contributed by atoms with Gasteiger partial charge in [0.05, 0.1) is 0 Å². The summed E-state index contributed by atoms with van der Waals surface area (Å²) in [6, 6.07) is 2.62. The second kappa shape index (κ2) is 8.03. The van der Waals surface area contributed by atoms with Crippen LogP contribution in [0.3, 0.4) is 0 Å². The molecular weight excluding hydrogens is 224 g/mol. The third kappa shape index (κ3) is 3.95. The van der Waals surface area contributed by atoms with Crippen LogP contribution in [-0.2, 0) is 6.42 Å². The highest BCUT2D eigenvalue weighted by molar-refractivity contribution is 5.40. The van der Waals surface area contributed by atoms with E-state index >= 15 is 0 Å². The van der Waals surface area contributed by atoms with Crippen LogP contribution in [0.5, 0.6) is 0 Å². The molecule has 0 unspecified atom stereocenters. The van der Waals surface area contributed by atoms with Gasteiger partial charge in [-0.3, -0.25) is 0 Å². The van der Waals surface area contributed by atoms with Gasteiger partial charge in [-0.2, -0.15) is 0 Å². The van der Waals surface area contributed by atoms with E-state index in [9.17, 15) is 0 Å². The Morgan fingerprint density at radius 2 is 1.94 bits per heavy atom. The van der Waals surface area contributed by atoms with Crippen LogP contribution in [0.4, 0.5) is 5.82 Å². The monoisotopic (exact) mass is 250 g/mol. The minimum absolute atomic E-state index is 0.512. The summed E-state index contributed by atoms with van der Waals surface area (Å²) in [5, 5.41) is 0. The molecule has 1 rings (SSSR count). The molecule has 1 aromatic heterocycles. The molecule has 0 saturated carbocycles. The molecule has 0 aliphatic carbocycles. The molecule has 4 heteroatoms. The van der Waals surface area contributed by atoms with Gasteiger partial charge in [0, 0.05) is 30.9 Å². The summed E-state index contributed by atoms with van der Waals surface area (Å²) in [7, 11) is 0. The van der Waals surface area contributed by atoms with E-state index in [-0.39, 0.29) is 0 Å². The third-order valence-electron chi connectivity index (χ3n) is 3.26. The molecular formula is C14H26N4. The first-order valence-electron chi connectivity index (χ1n) is 7.04. The van der Waals surface area contributed by atoms with Crippen LogP contribution < -0.4 is 10.6 Å². The lowest BCUT2D eigenvalue weighted by Gasteiger charge is -2.31. The first-order chi connectivity index (χ1) is 8.76. The lowest BCUT2D eigenvalue weighted by Crippen LogP contribution is -2.39. The summed E-state index contributed by atoms with van der Waals surface area (Å²) >= 11 is 0. The van der Waals surface area contributed by atoms with Gasteiger partial charge in [0.25, 0.3) is 0 Å². The average molecular weight is 250 g/mol. The normalized spacial score (nSPS) is 10.9. The lowest BCUT2D eigenvalue weighted by atomic mass is 10.1. The van der Waals surface area contributed by atoms with E-state index in [1.54, 1.807) is 6.33 Å². The van der Waals surface area contributed by atoms with Gasteiger partial charge in [0.15, 0.2) is 0 Å². The Bertz CT molecular complexity index is 336. The fourth-order valence-corrected chi connectivity index (χ4v) is 2.29. The van der Waals surface area contributed by atoms with Gasteiger partial charge in [0.1, 0.15) is 12.1 Å². The Kier molecular flexibility index (Phi) is 6.65. The van der Waals surface area contributed by atoms with E-state index in [2.05, 4.69) is 41.7 Å². The maximum absolute atomic E-state index is 5.73. The lowest BCUT2D eigenvalue weighted by molar-refractivity contribution is 0.553. The number of aryl methyl sites for hydroxylation is 1. The first kappa shape index (κ1) is 14.9. The van der Waals surface area contributed by atoms with Crippen LogP contribution in [0.15, 0.2) is 12.4 Å². The van der Waals surface area contributed by atoms with Gasteiger partial charge in [0.2, 0.25) is 0 Å². The number of rotatable bonds is 8. The quantitative estimate of drug-likeness (QED) is 0.769. The van der Waals surface area contributed by atoms with E-state index in [1.165, 1.54) is 0 Å². The van der Waals surface area contributed by atoms with Gasteiger partial charge < -0.3 is 10.6 Å². The van der Waals surface area contributed by atoms with Gasteiger partial charge in [-0.15, -0.1) is 0 Å². The second-order valence-electron chi connectivity index (χ2n) is 4.57. The van der Waals surface area contributed by atoms with Crippen molar-refractivity contribution < 1.29 is 0 Å². The SMILES string of the molecule is CCCc1cc(N(CCN)C(CC)CC)ncn1. The number of nitrogens with zero attached hydrogens (tertiary/aromatic N) is 3. The highest BCUT2D eigenvalue weighted by atomic mass is 15.2. The van der Waals surface area contributed by atoms with Crippen molar-refractivity contribution in [3.8, 4) is 0 Å². The van der Waals surface area contributed by atoms with Crippen molar-refractivity contribution in [2.75, 3.05) is 18.0 Å². The molecule has 0 atom stereocenters. The standard InChI is InChI=1S/C14H26N4/c1-4-7-12-10-14(17-11-16-12)18(9-8-15)13(5-2)6-3/h10-11,13H,4-9,15H2,1-3H3. The van der Waals surface area contributed by atoms with E-state index < -0.39 is 0 Å². The van der Waals surface area contributed by atoms with Gasteiger partial charge in [-0.25, -0.2) is 9.97 Å². The smallest absolute Gasteiger partial charge is 0.132 e. The fraction of sp³-hybridized carbons (Fsp3) is 0.714. The highest BCUT2D eigenvalue weighted by Crippen LogP contribution is 2.18.